The summed E-state index contributed by atoms with van der Waals surface area (Å²) in [4.78, 5) is 9.63. The van der Waals surface area contributed by atoms with Gasteiger partial charge in [-0.05, 0) is 57.0 Å². The smallest absolute Gasteiger partial charge is 0.141 e. The molecule has 0 spiro atoms. The molecule has 2 heterocycles. The van der Waals surface area contributed by atoms with Gasteiger partial charge in [0.2, 0.25) is 0 Å². The van der Waals surface area contributed by atoms with Gasteiger partial charge in [-0.3, -0.25) is 9.56 Å². The minimum absolute atomic E-state index is 0.176. The largest absolute Gasteiger partial charge is 0.283 e. The minimum Gasteiger partial charge on any atom is -0.283 e. The maximum absolute atomic E-state index is 14.9. The Hall–Kier alpha value is -2.49. The number of benzene rings is 2. The molecule has 4 rings (SSSR count). The fourth-order valence-electron chi connectivity index (χ4n) is 3.73. The van der Waals surface area contributed by atoms with E-state index in [1.807, 2.05) is 10.6 Å². The number of aromatic nitrogens is 2. The quantitative estimate of drug-likeness (QED) is 0.551. The zero-order valence-electron chi connectivity index (χ0n) is 16.2. The maximum Gasteiger partial charge on any atom is 0.141 e. The van der Waals surface area contributed by atoms with Gasteiger partial charge in [0.25, 0.3) is 0 Å². The average Bonchev–Trinajstić information content (AvgIpc) is 2.94. The number of nitrogens with zero attached hydrogens (tertiary/aromatic N) is 3. The van der Waals surface area contributed by atoms with Crippen LogP contribution in [-0.2, 0) is 5.41 Å². The molecule has 0 atom stereocenters. The van der Waals surface area contributed by atoms with Gasteiger partial charge in [0.05, 0.1) is 16.6 Å². The minimum atomic E-state index is -0.451. The van der Waals surface area contributed by atoms with E-state index in [9.17, 15) is 4.39 Å². The summed E-state index contributed by atoms with van der Waals surface area (Å²) < 4.78 is 16.9. The van der Waals surface area contributed by atoms with Gasteiger partial charge in [0, 0.05) is 16.5 Å². The van der Waals surface area contributed by atoms with Gasteiger partial charge >= 0.3 is 0 Å². The van der Waals surface area contributed by atoms with Crippen molar-refractivity contribution in [2.45, 2.75) is 52.5 Å². The lowest BCUT2D eigenvalue weighted by Gasteiger charge is -2.44. The molecular weight excluding hydrogens is 325 g/mol. The van der Waals surface area contributed by atoms with Crippen LogP contribution in [0.25, 0.3) is 11.0 Å². The SMILES string of the molecule is Cc1cc2ncn(C3=NC(C)(C)C(C)(C)c4c(F)cccc43)c2cc1C. The Labute approximate surface area is 153 Å². The summed E-state index contributed by atoms with van der Waals surface area (Å²) in [5.41, 5.74) is 5.03. The molecule has 0 bridgehead atoms. The molecule has 0 saturated heterocycles. The highest BCUT2D eigenvalue weighted by Crippen LogP contribution is 2.44. The highest BCUT2D eigenvalue weighted by Gasteiger charge is 2.45. The third kappa shape index (κ3) is 2.17. The number of halogens is 1. The van der Waals surface area contributed by atoms with Crippen LogP contribution in [0, 0.1) is 19.7 Å². The van der Waals surface area contributed by atoms with Gasteiger partial charge in [0.1, 0.15) is 18.0 Å². The van der Waals surface area contributed by atoms with Crippen molar-refractivity contribution in [2.75, 3.05) is 0 Å². The molecule has 26 heavy (non-hydrogen) atoms. The standard InChI is InChI=1S/C22H24FN3/c1-13-10-17-18(11-14(13)2)26(12-24-17)20-15-8-7-9-16(23)19(15)21(3,4)22(5,6)25-20/h7-12H,1-6H3. The van der Waals surface area contributed by atoms with Gasteiger partial charge in [-0.25, -0.2) is 9.37 Å². The molecule has 0 saturated carbocycles. The second-order valence-corrected chi connectivity index (χ2v) is 8.32. The number of imidazole rings is 1. The van der Waals surface area contributed by atoms with Crippen molar-refractivity contribution >= 4 is 16.9 Å². The van der Waals surface area contributed by atoms with Crippen molar-refractivity contribution in [1.29, 1.82) is 0 Å². The summed E-state index contributed by atoms with van der Waals surface area (Å²) in [6, 6.07) is 9.48. The second kappa shape index (κ2) is 5.26. The van der Waals surface area contributed by atoms with Crippen molar-refractivity contribution in [2.24, 2.45) is 4.99 Å². The Morgan fingerprint density at radius 1 is 1.00 bits per heavy atom. The fourth-order valence-corrected chi connectivity index (χ4v) is 3.73. The fraction of sp³-hybridized carbons (Fsp3) is 0.364. The van der Waals surface area contributed by atoms with Gasteiger partial charge in [0.15, 0.2) is 0 Å². The van der Waals surface area contributed by atoms with Crippen LogP contribution in [0.15, 0.2) is 41.7 Å². The van der Waals surface area contributed by atoms with Gasteiger partial charge in [-0.1, -0.05) is 26.0 Å². The number of fused-ring (bicyclic) bond motifs is 2. The normalized spacial score (nSPS) is 17.9. The monoisotopic (exact) mass is 349 g/mol. The van der Waals surface area contributed by atoms with Crippen LogP contribution in [0.5, 0.6) is 0 Å². The summed E-state index contributed by atoms with van der Waals surface area (Å²) in [6.07, 6.45) is 1.80. The lowest BCUT2D eigenvalue weighted by Crippen LogP contribution is -2.47. The molecule has 134 valence electrons. The summed E-state index contributed by atoms with van der Waals surface area (Å²) in [6.45, 7) is 12.4. The van der Waals surface area contributed by atoms with E-state index in [-0.39, 0.29) is 5.82 Å². The summed E-state index contributed by atoms with van der Waals surface area (Å²) in [7, 11) is 0. The van der Waals surface area contributed by atoms with E-state index < -0.39 is 11.0 Å². The van der Waals surface area contributed by atoms with E-state index in [0.717, 1.165) is 28.0 Å². The number of aryl methyl sites for hydroxylation is 2. The van der Waals surface area contributed by atoms with Crippen molar-refractivity contribution in [3.8, 4) is 0 Å². The molecular formula is C22H24FN3. The first-order valence-electron chi connectivity index (χ1n) is 8.97. The maximum atomic E-state index is 14.9. The predicted octanol–water partition coefficient (Wildman–Crippen LogP) is 5.16. The van der Waals surface area contributed by atoms with Crippen LogP contribution in [0.4, 0.5) is 4.39 Å². The van der Waals surface area contributed by atoms with Crippen LogP contribution >= 0.6 is 0 Å². The topological polar surface area (TPSA) is 30.2 Å². The van der Waals surface area contributed by atoms with E-state index in [1.54, 1.807) is 18.5 Å². The third-order valence-corrected chi connectivity index (χ3v) is 6.19. The molecule has 0 amide bonds. The molecule has 0 aliphatic carbocycles. The summed E-state index contributed by atoms with van der Waals surface area (Å²) in [5, 5.41) is 0. The molecule has 1 aliphatic rings. The van der Waals surface area contributed by atoms with Crippen LogP contribution in [0.3, 0.4) is 0 Å². The van der Waals surface area contributed by atoms with E-state index in [1.165, 1.54) is 11.1 Å². The number of hydrogen-bond acceptors (Lipinski definition) is 2. The Morgan fingerprint density at radius 3 is 2.42 bits per heavy atom. The predicted molar refractivity (Wildman–Crippen MR) is 105 cm³/mol. The van der Waals surface area contributed by atoms with Crippen molar-refractivity contribution in [3.63, 3.8) is 0 Å². The van der Waals surface area contributed by atoms with Crippen LogP contribution in [-0.4, -0.2) is 20.9 Å². The van der Waals surface area contributed by atoms with E-state index >= 15 is 0 Å². The lowest BCUT2D eigenvalue weighted by molar-refractivity contribution is 0.292. The molecule has 3 aromatic rings. The van der Waals surface area contributed by atoms with E-state index in [2.05, 4.69) is 58.7 Å². The Kier molecular flexibility index (Phi) is 3.43. The first kappa shape index (κ1) is 17.0. The van der Waals surface area contributed by atoms with Crippen LogP contribution in [0.1, 0.15) is 49.9 Å². The zero-order chi connectivity index (χ0) is 18.9. The molecule has 4 heteroatoms. The highest BCUT2D eigenvalue weighted by molar-refractivity contribution is 6.07. The molecule has 0 fully saturated rings. The highest BCUT2D eigenvalue weighted by atomic mass is 19.1. The van der Waals surface area contributed by atoms with Gasteiger partial charge in [-0.15, -0.1) is 0 Å². The first-order chi connectivity index (χ1) is 12.1. The molecule has 0 N–H and O–H groups in total. The molecule has 3 nitrogen and oxygen atoms in total. The third-order valence-electron chi connectivity index (χ3n) is 6.19. The molecule has 2 aromatic carbocycles. The number of rotatable bonds is 0. The van der Waals surface area contributed by atoms with Crippen LogP contribution in [0.2, 0.25) is 0 Å². The summed E-state index contributed by atoms with van der Waals surface area (Å²) in [5.74, 6) is 0.582. The summed E-state index contributed by atoms with van der Waals surface area (Å²) >= 11 is 0. The molecule has 0 unspecified atom stereocenters. The van der Waals surface area contributed by atoms with Crippen LogP contribution < -0.4 is 0 Å². The van der Waals surface area contributed by atoms with Gasteiger partial charge in [-0.2, -0.15) is 0 Å². The second-order valence-electron chi connectivity index (χ2n) is 8.32. The Morgan fingerprint density at radius 2 is 1.69 bits per heavy atom. The molecule has 1 aliphatic heterocycles. The first-order valence-corrected chi connectivity index (χ1v) is 8.97. The van der Waals surface area contributed by atoms with Gasteiger partial charge < -0.3 is 0 Å². The van der Waals surface area contributed by atoms with Crippen molar-refractivity contribution in [3.05, 3.63) is 64.7 Å². The lowest BCUT2D eigenvalue weighted by atomic mass is 9.66. The van der Waals surface area contributed by atoms with E-state index in [4.69, 9.17) is 4.99 Å². The van der Waals surface area contributed by atoms with Crippen molar-refractivity contribution in [1.82, 2.24) is 9.55 Å². The average molecular weight is 349 g/mol. The molecule has 1 aromatic heterocycles. The Balaban J connectivity index is 2.06. The van der Waals surface area contributed by atoms with Crippen molar-refractivity contribution < 1.29 is 4.39 Å². The zero-order valence-corrected chi connectivity index (χ0v) is 16.2. The van der Waals surface area contributed by atoms with E-state index in [0.29, 0.717) is 0 Å². The Bertz CT molecular complexity index is 1070. The number of hydrogen-bond donors (Lipinski definition) is 0. The molecule has 0 radical (unpaired) electrons. The number of aliphatic imine (C=N–C) groups is 1.